The number of likely N-dealkylation sites (N-methyl/N-ethyl adjacent to an activating group) is 1. The summed E-state index contributed by atoms with van der Waals surface area (Å²) in [7, 11) is 0. The van der Waals surface area contributed by atoms with Crippen molar-refractivity contribution in [3.8, 4) is 0 Å². The molecule has 18 heavy (non-hydrogen) atoms. The zero-order valence-corrected chi connectivity index (χ0v) is 12.3. The molecule has 3 heteroatoms. The molecular weight excluding hydrogens is 244 g/mol. The minimum absolute atomic E-state index is 0.365. The molecule has 1 aromatic carbocycles. The number of nitrogens with zero attached hydrogens (tertiary/aromatic N) is 1. The van der Waals surface area contributed by atoms with E-state index in [1.165, 1.54) is 5.56 Å². The van der Waals surface area contributed by atoms with Crippen LogP contribution in [0.5, 0.6) is 0 Å². The van der Waals surface area contributed by atoms with Crippen LogP contribution < -0.4 is 5.32 Å². The fraction of sp³-hybridized carbons (Fsp3) is 0.600. The molecule has 1 atom stereocenters. The van der Waals surface area contributed by atoms with E-state index < -0.39 is 0 Å². The van der Waals surface area contributed by atoms with Crippen molar-refractivity contribution in [1.29, 1.82) is 0 Å². The Morgan fingerprint density at radius 1 is 1.17 bits per heavy atom. The van der Waals surface area contributed by atoms with Crippen molar-refractivity contribution in [3.63, 3.8) is 0 Å². The summed E-state index contributed by atoms with van der Waals surface area (Å²) in [4.78, 5) is 2.42. The van der Waals surface area contributed by atoms with Crippen LogP contribution >= 0.6 is 11.6 Å². The van der Waals surface area contributed by atoms with Crippen molar-refractivity contribution in [2.24, 2.45) is 0 Å². The zero-order valence-electron chi connectivity index (χ0n) is 11.5. The third-order valence-electron chi connectivity index (χ3n) is 3.27. The molecule has 0 fully saturated rings. The molecule has 1 N–H and O–H groups in total. The Morgan fingerprint density at radius 3 is 2.39 bits per heavy atom. The molecule has 0 amide bonds. The van der Waals surface area contributed by atoms with Crippen LogP contribution in [-0.2, 0) is 6.42 Å². The summed E-state index contributed by atoms with van der Waals surface area (Å²) in [5, 5.41) is 3.54. The standard InChI is InChI=1S/C15H25ClN2/c1-3-18(4-2)11-10-17-15(13-16)12-14-8-6-5-7-9-14/h5-9,15,17H,3-4,10-13H2,1-2H3. The monoisotopic (exact) mass is 268 g/mol. The van der Waals surface area contributed by atoms with E-state index in [0.717, 1.165) is 32.6 Å². The first-order valence-electron chi connectivity index (χ1n) is 6.85. The molecule has 0 spiro atoms. The van der Waals surface area contributed by atoms with Gasteiger partial charge in [-0.25, -0.2) is 0 Å². The van der Waals surface area contributed by atoms with Gasteiger partial charge in [-0.15, -0.1) is 11.6 Å². The van der Waals surface area contributed by atoms with E-state index >= 15 is 0 Å². The first-order valence-corrected chi connectivity index (χ1v) is 7.39. The molecule has 2 nitrogen and oxygen atoms in total. The Balaban J connectivity index is 2.29. The predicted molar refractivity (Wildman–Crippen MR) is 80.4 cm³/mol. The normalized spacial score (nSPS) is 12.9. The van der Waals surface area contributed by atoms with Gasteiger partial charge in [0, 0.05) is 25.0 Å². The highest BCUT2D eigenvalue weighted by Gasteiger charge is 2.08. The van der Waals surface area contributed by atoms with Crippen LogP contribution in [0, 0.1) is 0 Å². The molecular formula is C15H25ClN2. The van der Waals surface area contributed by atoms with Gasteiger partial charge in [0.2, 0.25) is 0 Å². The average molecular weight is 269 g/mol. The highest BCUT2D eigenvalue weighted by atomic mass is 35.5. The summed E-state index contributed by atoms with van der Waals surface area (Å²) in [6, 6.07) is 10.9. The molecule has 1 unspecified atom stereocenters. The quantitative estimate of drug-likeness (QED) is 0.693. The number of hydrogen-bond donors (Lipinski definition) is 1. The smallest absolute Gasteiger partial charge is 0.0380 e. The minimum atomic E-state index is 0.365. The van der Waals surface area contributed by atoms with Gasteiger partial charge in [-0.2, -0.15) is 0 Å². The van der Waals surface area contributed by atoms with Crippen molar-refractivity contribution < 1.29 is 0 Å². The van der Waals surface area contributed by atoms with Crippen LogP contribution in [0.2, 0.25) is 0 Å². The van der Waals surface area contributed by atoms with Crippen molar-refractivity contribution in [2.45, 2.75) is 26.3 Å². The van der Waals surface area contributed by atoms with Gasteiger partial charge in [-0.1, -0.05) is 44.2 Å². The molecule has 102 valence electrons. The lowest BCUT2D eigenvalue weighted by Gasteiger charge is -2.21. The van der Waals surface area contributed by atoms with E-state index in [1.807, 2.05) is 6.07 Å². The van der Waals surface area contributed by atoms with Crippen LogP contribution in [0.25, 0.3) is 0 Å². The molecule has 1 rings (SSSR count). The topological polar surface area (TPSA) is 15.3 Å². The lowest BCUT2D eigenvalue weighted by molar-refractivity contribution is 0.297. The maximum absolute atomic E-state index is 6.02. The molecule has 0 aliphatic heterocycles. The molecule has 0 bridgehead atoms. The van der Waals surface area contributed by atoms with Crippen molar-refractivity contribution >= 4 is 11.6 Å². The SMILES string of the molecule is CCN(CC)CCNC(CCl)Cc1ccccc1. The molecule has 1 aromatic rings. The van der Waals surface area contributed by atoms with Gasteiger partial charge in [0.05, 0.1) is 0 Å². The Kier molecular flexibility index (Phi) is 8.06. The van der Waals surface area contributed by atoms with Crippen LogP contribution in [0.1, 0.15) is 19.4 Å². The third-order valence-corrected chi connectivity index (χ3v) is 3.64. The van der Waals surface area contributed by atoms with Gasteiger partial charge in [-0.3, -0.25) is 0 Å². The van der Waals surface area contributed by atoms with E-state index in [4.69, 9.17) is 11.6 Å². The van der Waals surface area contributed by atoms with Crippen LogP contribution in [0.15, 0.2) is 30.3 Å². The molecule has 0 aromatic heterocycles. The summed E-state index contributed by atoms with van der Waals surface area (Å²) in [5.74, 6) is 0.660. The number of rotatable bonds is 9. The van der Waals surface area contributed by atoms with E-state index in [2.05, 4.69) is 48.3 Å². The lowest BCUT2D eigenvalue weighted by atomic mass is 10.1. The molecule has 0 heterocycles. The van der Waals surface area contributed by atoms with Gasteiger partial charge in [0.25, 0.3) is 0 Å². The maximum Gasteiger partial charge on any atom is 0.0380 e. The Bertz CT molecular complexity index is 299. The molecule has 0 saturated carbocycles. The number of nitrogens with one attached hydrogen (secondary N) is 1. The average Bonchev–Trinajstić information content (AvgIpc) is 2.43. The Hall–Kier alpha value is -0.570. The second-order valence-electron chi connectivity index (χ2n) is 4.52. The van der Waals surface area contributed by atoms with Gasteiger partial charge >= 0.3 is 0 Å². The summed E-state index contributed by atoms with van der Waals surface area (Å²) >= 11 is 6.02. The number of benzene rings is 1. The van der Waals surface area contributed by atoms with Crippen LogP contribution in [0.4, 0.5) is 0 Å². The second-order valence-corrected chi connectivity index (χ2v) is 4.83. The van der Waals surface area contributed by atoms with E-state index in [9.17, 15) is 0 Å². The number of hydrogen-bond acceptors (Lipinski definition) is 2. The Morgan fingerprint density at radius 2 is 1.83 bits per heavy atom. The van der Waals surface area contributed by atoms with Crippen LogP contribution in [-0.4, -0.2) is 43.0 Å². The van der Waals surface area contributed by atoms with Gasteiger partial charge in [0.15, 0.2) is 0 Å². The van der Waals surface area contributed by atoms with E-state index in [0.29, 0.717) is 11.9 Å². The summed E-state index contributed by atoms with van der Waals surface area (Å²) < 4.78 is 0. The highest BCUT2D eigenvalue weighted by Crippen LogP contribution is 2.04. The summed E-state index contributed by atoms with van der Waals surface area (Å²) in [6.45, 7) is 8.73. The van der Waals surface area contributed by atoms with Crippen molar-refractivity contribution in [3.05, 3.63) is 35.9 Å². The molecule has 0 radical (unpaired) electrons. The van der Waals surface area contributed by atoms with Crippen molar-refractivity contribution in [2.75, 3.05) is 32.1 Å². The fourth-order valence-electron chi connectivity index (χ4n) is 2.05. The first kappa shape index (κ1) is 15.5. The second kappa shape index (κ2) is 9.37. The zero-order chi connectivity index (χ0) is 13.2. The van der Waals surface area contributed by atoms with Crippen LogP contribution in [0.3, 0.4) is 0 Å². The number of halogens is 1. The van der Waals surface area contributed by atoms with Gasteiger partial charge in [0.1, 0.15) is 0 Å². The van der Waals surface area contributed by atoms with E-state index in [-0.39, 0.29) is 0 Å². The van der Waals surface area contributed by atoms with E-state index in [1.54, 1.807) is 0 Å². The van der Waals surface area contributed by atoms with Gasteiger partial charge < -0.3 is 10.2 Å². The predicted octanol–water partition coefficient (Wildman–Crippen LogP) is 2.77. The fourth-order valence-corrected chi connectivity index (χ4v) is 2.26. The Labute approximate surface area is 116 Å². The lowest BCUT2D eigenvalue weighted by Crippen LogP contribution is -2.39. The molecule has 0 aliphatic rings. The van der Waals surface area contributed by atoms with Gasteiger partial charge in [-0.05, 0) is 25.1 Å². The molecule has 0 aliphatic carbocycles. The summed E-state index contributed by atoms with van der Waals surface area (Å²) in [5.41, 5.74) is 1.35. The third kappa shape index (κ3) is 5.85. The minimum Gasteiger partial charge on any atom is -0.311 e. The molecule has 0 saturated heterocycles. The first-order chi connectivity index (χ1) is 8.80. The highest BCUT2D eigenvalue weighted by molar-refractivity contribution is 6.18. The van der Waals surface area contributed by atoms with Crippen molar-refractivity contribution in [1.82, 2.24) is 10.2 Å². The summed E-state index contributed by atoms with van der Waals surface area (Å²) in [6.07, 6.45) is 1.00. The number of alkyl halides is 1. The maximum atomic E-state index is 6.02. The largest absolute Gasteiger partial charge is 0.311 e.